The van der Waals surface area contributed by atoms with Crippen molar-refractivity contribution >= 4 is 41.5 Å². The lowest BCUT2D eigenvalue weighted by molar-refractivity contribution is -0.121. The Kier molecular flexibility index (Phi) is 9.30. The molecule has 2 N–H and O–H groups in total. The molecule has 6 heteroatoms. The summed E-state index contributed by atoms with van der Waals surface area (Å²) in [5, 5.41) is 7.08. The van der Waals surface area contributed by atoms with Crippen LogP contribution in [0.1, 0.15) is 32.3 Å². The van der Waals surface area contributed by atoms with Crippen molar-refractivity contribution in [3.8, 4) is 0 Å². The molecule has 0 spiro atoms. The zero-order valence-electron chi connectivity index (χ0n) is 12.6. The zero-order valence-corrected chi connectivity index (χ0v) is 15.0. The fraction of sp³-hybridized carbons (Fsp3) is 0.533. The molecule has 0 unspecified atom stereocenters. The van der Waals surface area contributed by atoms with E-state index in [1.165, 1.54) is 0 Å². The lowest BCUT2D eigenvalue weighted by Gasteiger charge is -2.26. The Balaban J connectivity index is 0.00000400. The molecule has 1 rings (SSSR count). The van der Waals surface area contributed by atoms with E-state index in [1.54, 1.807) is 6.07 Å². The minimum absolute atomic E-state index is 0. The largest absolute Gasteiger partial charge is 0.355 e. The molecule has 0 atom stereocenters. The van der Waals surface area contributed by atoms with Crippen molar-refractivity contribution in [2.24, 2.45) is 0 Å². The number of rotatable bonds is 7. The Morgan fingerprint density at radius 3 is 2.48 bits per heavy atom. The van der Waals surface area contributed by atoms with Gasteiger partial charge < -0.3 is 10.6 Å². The molecule has 0 heterocycles. The molecule has 21 heavy (non-hydrogen) atoms. The molecule has 0 radical (unpaired) electrons. The monoisotopic (exact) mass is 352 g/mol. The second kappa shape index (κ2) is 9.52. The van der Waals surface area contributed by atoms with Crippen molar-refractivity contribution in [2.45, 2.75) is 32.1 Å². The molecule has 0 saturated heterocycles. The normalized spacial score (nSPS) is 10.9. The van der Waals surface area contributed by atoms with Crippen LogP contribution in [0.4, 0.5) is 0 Å². The Bertz CT molecular complexity index is 464. The van der Waals surface area contributed by atoms with E-state index in [2.05, 4.69) is 24.5 Å². The minimum atomic E-state index is -0.188. The number of carbonyl (C=O) groups excluding carboxylic acids is 1. The summed E-state index contributed by atoms with van der Waals surface area (Å²) in [4.78, 5) is 11.7. The number of hydrogen-bond donors (Lipinski definition) is 2. The van der Waals surface area contributed by atoms with E-state index in [0.29, 0.717) is 23.0 Å². The highest BCUT2D eigenvalue weighted by Crippen LogP contribution is 2.29. The number of halogens is 3. The van der Waals surface area contributed by atoms with Gasteiger partial charge in [0.2, 0.25) is 5.91 Å². The van der Waals surface area contributed by atoms with E-state index in [1.807, 2.05) is 19.2 Å². The maximum Gasteiger partial charge on any atom is 0.220 e. The Morgan fingerprint density at radius 2 is 1.90 bits per heavy atom. The number of amides is 1. The highest BCUT2D eigenvalue weighted by molar-refractivity contribution is 6.42. The molecule has 1 amide bonds. The van der Waals surface area contributed by atoms with Crippen molar-refractivity contribution in [2.75, 3.05) is 20.1 Å². The molecule has 0 aliphatic heterocycles. The Hall–Kier alpha value is -0.480. The van der Waals surface area contributed by atoms with Crippen LogP contribution in [-0.2, 0) is 10.2 Å². The third-order valence-electron chi connectivity index (χ3n) is 3.26. The summed E-state index contributed by atoms with van der Waals surface area (Å²) in [6.45, 7) is 5.56. The van der Waals surface area contributed by atoms with Crippen LogP contribution in [0.3, 0.4) is 0 Å². The van der Waals surface area contributed by atoms with Crippen LogP contribution >= 0.6 is 35.6 Å². The number of benzene rings is 1. The summed E-state index contributed by atoms with van der Waals surface area (Å²) in [5.41, 5.74) is 0.870. The summed E-state index contributed by atoms with van der Waals surface area (Å²) < 4.78 is 0. The molecular weight excluding hydrogens is 331 g/mol. The van der Waals surface area contributed by atoms with Crippen LogP contribution in [-0.4, -0.2) is 26.0 Å². The van der Waals surface area contributed by atoms with Crippen LogP contribution in [0.15, 0.2) is 18.2 Å². The molecule has 0 aromatic heterocycles. The molecule has 0 bridgehead atoms. The minimum Gasteiger partial charge on any atom is -0.355 e. The topological polar surface area (TPSA) is 41.1 Å². The van der Waals surface area contributed by atoms with Crippen molar-refractivity contribution in [1.29, 1.82) is 0 Å². The second-order valence-electron chi connectivity index (χ2n) is 5.50. The summed E-state index contributed by atoms with van der Waals surface area (Å²) in [5.74, 6) is 0.0772. The molecule has 120 valence electrons. The van der Waals surface area contributed by atoms with Gasteiger partial charge in [0.05, 0.1) is 10.0 Å². The quantitative estimate of drug-likeness (QED) is 0.732. The molecular formula is C15H23Cl3N2O. The van der Waals surface area contributed by atoms with Crippen LogP contribution in [0.5, 0.6) is 0 Å². The highest BCUT2D eigenvalue weighted by atomic mass is 35.5. The van der Waals surface area contributed by atoms with Gasteiger partial charge in [0.1, 0.15) is 0 Å². The van der Waals surface area contributed by atoms with Gasteiger partial charge in [-0.1, -0.05) is 43.1 Å². The van der Waals surface area contributed by atoms with Gasteiger partial charge in [0.25, 0.3) is 0 Å². The first kappa shape index (κ1) is 20.5. The molecule has 3 nitrogen and oxygen atoms in total. The molecule has 1 aromatic carbocycles. The maximum atomic E-state index is 11.7. The lowest BCUT2D eigenvalue weighted by atomic mass is 9.84. The Morgan fingerprint density at radius 1 is 1.24 bits per heavy atom. The summed E-state index contributed by atoms with van der Waals surface area (Å²) in [6.07, 6.45) is 1.38. The molecule has 0 aliphatic carbocycles. The van der Waals surface area contributed by atoms with E-state index in [9.17, 15) is 4.79 Å². The summed E-state index contributed by atoms with van der Waals surface area (Å²) >= 11 is 12.0. The van der Waals surface area contributed by atoms with Gasteiger partial charge in [-0.15, -0.1) is 12.4 Å². The van der Waals surface area contributed by atoms with Gasteiger partial charge in [0.15, 0.2) is 0 Å². The SMILES string of the molecule is CNCCCC(=O)NCC(C)(C)c1ccc(Cl)c(Cl)c1.Cl. The average molecular weight is 354 g/mol. The highest BCUT2D eigenvalue weighted by Gasteiger charge is 2.22. The average Bonchev–Trinajstić information content (AvgIpc) is 2.40. The molecule has 0 fully saturated rings. The predicted molar refractivity (Wildman–Crippen MR) is 92.9 cm³/mol. The van der Waals surface area contributed by atoms with Crippen molar-refractivity contribution in [1.82, 2.24) is 10.6 Å². The first-order chi connectivity index (χ1) is 9.36. The van der Waals surface area contributed by atoms with Gasteiger partial charge >= 0.3 is 0 Å². The standard InChI is InChI=1S/C15H22Cl2N2O.ClH/c1-15(2,10-19-14(20)5-4-8-18-3)11-6-7-12(16)13(17)9-11;/h6-7,9,18H,4-5,8,10H2,1-3H3,(H,19,20);1H. The smallest absolute Gasteiger partial charge is 0.220 e. The predicted octanol–water partition coefficient (Wildman–Crippen LogP) is 3.81. The van der Waals surface area contributed by atoms with Crippen molar-refractivity contribution in [3.63, 3.8) is 0 Å². The number of hydrogen-bond acceptors (Lipinski definition) is 2. The van der Waals surface area contributed by atoms with E-state index >= 15 is 0 Å². The molecule has 0 saturated carbocycles. The molecule has 0 aliphatic rings. The van der Waals surface area contributed by atoms with Crippen LogP contribution < -0.4 is 10.6 Å². The Labute approximate surface area is 143 Å². The fourth-order valence-electron chi connectivity index (χ4n) is 1.85. The van der Waals surface area contributed by atoms with Crippen LogP contribution in [0.2, 0.25) is 10.0 Å². The number of carbonyl (C=O) groups is 1. The third kappa shape index (κ3) is 6.88. The van der Waals surface area contributed by atoms with Gasteiger partial charge in [-0.25, -0.2) is 0 Å². The van der Waals surface area contributed by atoms with Crippen LogP contribution in [0.25, 0.3) is 0 Å². The molecule has 1 aromatic rings. The van der Waals surface area contributed by atoms with Crippen molar-refractivity contribution < 1.29 is 4.79 Å². The zero-order chi connectivity index (χ0) is 15.2. The second-order valence-corrected chi connectivity index (χ2v) is 6.31. The number of nitrogens with one attached hydrogen (secondary N) is 2. The van der Waals surface area contributed by atoms with Crippen molar-refractivity contribution in [3.05, 3.63) is 33.8 Å². The van der Waals surface area contributed by atoms with Gasteiger partial charge in [0, 0.05) is 18.4 Å². The van der Waals surface area contributed by atoms with E-state index in [0.717, 1.165) is 18.5 Å². The van der Waals surface area contributed by atoms with E-state index in [-0.39, 0.29) is 23.7 Å². The summed E-state index contributed by atoms with van der Waals surface area (Å²) in [7, 11) is 1.88. The lowest BCUT2D eigenvalue weighted by Crippen LogP contribution is -2.36. The van der Waals surface area contributed by atoms with Crippen LogP contribution in [0, 0.1) is 0 Å². The van der Waals surface area contributed by atoms with Gasteiger partial charge in [-0.05, 0) is 37.7 Å². The van der Waals surface area contributed by atoms with E-state index < -0.39 is 0 Å². The first-order valence-electron chi connectivity index (χ1n) is 6.73. The fourth-order valence-corrected chi connectivity index (χ4v) is 2.15. The van der Waals surface area contributed by atoms with E-state index in [4.69, 9.17) is 23.2 Å². The first-order valence-corrected chi connectivity index (χ1v) is 7.49. The van der Waals surface area contributed by atoms with Gasteiger partial charge in [-0.3, -0.25) is 4.79 Å². The van der Waals surface area contributed by atoms with Gasteiger partial charge in [-0.2, -0.15) is 0 Å². The summed E-state index contributed by atoms with van der Waals surface area (Å²) in [6, 6.07) is 5.59. The maximum absolute atomic E-state index is 11.7. The third-order valence-corrected chi connectivity index (χ3v) is 4.00.